The van der Waals surface area contributed by atoms with E-state index in [-0.39, 0.29) is 24.8 Å². The van der Waals surface area contributed by atoms with Crippen LogP contribution in [0.1, 0.15) is 16.8 Å². The van der Waals surface area contributed by atoms with Gasteiger partial charge < -0.3 is 14.4 Å². The van der Waals surface area contributed by atoms with Crippen molar-refractivity contribution in [1.82, 2.24) is 14.3 Å². The lowest BCUT2D eigenvalue weighted by Crippen LogP contribution is -2.39. The van der Waals surface area contributed by atoms with Crippen LogP contribution in [0.15, 0.2) is 47.4 Å². The predicted octanol–water partition coefficient (Wildman–Crippen LogP) is 2.16. The molecule has 3 aromatic rings. The zero-order valence-electron chi connectivity index (χ0n) is 15.3. The third-order valence-corrected chi connectivity index (χ3v) is 5.06. The Morgan fingerprint density at radius 2 is 2.03 bits per heavy atom. The molecule has 5 rings (SSSR count). The summed E-state index contributed by atoms with van der Waals surface area (Å²) in [4.78, 5) is 31.4. The summed E-state index contributed by atoms with van der Waals surface area (Å²) in [6.07, 6.45) is 4.75. The predicted molar refractivity (Wildman–Crippen MR) is 102 cm³/mol. The normalized spacial score (nSPS) is 15.1. The molecule has 0 fully saturated rings. The number of amides is 1. The Hall–Kier alpha value is -3.68. The highest BCUT2D eigenvalue weighted by Crippen LogP contribution is 2.32. The first-order valence-corrected chi connectivity index (χ1v) is 9.15. The number of halogens is 1. The van der Waals surface area contributed by atoms with Crippen LogP contribution in [-0.2, 0) is 17.8 Å². The quantitative estimate of drug-likeness (QED) is 0.624. The van der Waals surface area contributed by atoms with Gasteiger partial charge >= 0.3 is 0 Å². The summed E-state index contributed by atoms with van der Waals surface area (Å²) in [5, 5.41) is 0. The van der Waals surface area contributed by atoms with E-state index in [0.717, 1.165) is 11.8 Å². The maximum absolute atomic E-state index is 13.5. The summed E-state index contributed by atoms with van der Waals surface area (Å²) in [5.74, 6) is 0.594. The monoisotopic (exact) mass is 393 g/mol. The second-order valence-corrected chi connectivity index (χ2v) is 6.87. The summed E-state index contributed by atoms with van der Waals surface area (Å²) in [7, 11) is 0. The van der Waals surface area contributed by atoms with Crippen molar-refractivity contribution in [2.75, 3.05) is 13.3 Å². The number of hydrogen-bond donors (Lipinski definition) is 0. The van der Waals surface area contributed by atoms with E-state index < -0.39 is 5.82 Å². The van der Waals surface area contributed by atoms with Gasteiger partial charge in [0.15, 0.2) is 11.5 Å². The molecular formula is C21H16FN3O4. The smallest absolute Gasteiger partial charge is 0.263 e. The van der Waals surface area contributed by atoms with Crippen LogP contribution in [0.25, 0.3) is 11.7 Å². The van der Waals surface area contributed by atoms with Gasteiger partial charge in [0.1, 0.15) is 11.5 Å². The average molecular weight is 393 g/mol. The van der Waals surface area contributed by atoms with E-state index in [4.69, 9.17) is 9.47 Å². The van der Waals surface area contributed by atoms with Crippen LogP contribution in [0.5, 0.6) is 11.5 Å². The number of nitrogens with zero attached hydrogens (tertiary/aromatic N) is 3. The molecule has 29 heavy (non-hydrogen) atoms. The molecule has 8 heteroatoms. The first-order valence-electron chi connectivity index (χ1n) is 9.15. The zero-order chi connectivity index (χ0) is 20.0. The van der Waals surface area contributed by atoms with Crippen LogP contribution in [0.3, 0.4) is 0 Å². The fourth-order valence-corrected chi connectivity index (χ4v) is 3.55. The Labute approximate surface area is 164 Å². The van der Waals surface area contributed by atoms with Crippen molar-refractivity contribution in [3.05, 3.63) is 75.6 Å². The number of ether oxygens (including phenoxy) is 2. The van der Waals surface area contributed by atoms with Gasteiger partial charge in [0.2, 0.25) is 12.7 Å². The van der Waals surface area contributed by atoms with Crippen LogP contribution < -0.4 is 15.0 Å². The highest BCUT2D eigenvalue weighted by atomic mass is 19.1. The minimum atomic E-state index is -0.517. The van der Waals surface area contributed by atoms with Crippen molar-refractivity contribution >= 4 is 17.6 Å². The number of hydrogen-bond acceptors (Lipinski definition) is 5. The van der Waals surface area contributed by atoms with Crippen molar-refractivity contribution in [3.63, 3.8) is 0 Å². The second kappa shape index (κ2) is 6.73. The van der Waals surface area contributed by atoms with Crippen LogP contribution in [0.2, 0.25) is 0 Å². The molecule has 0 atom stereocenters. The minimum absolute atomic E-state index is 0.144. The SMILES string of the molecule is O=C(C=Cc1ccc2c(c1)OCO2)N1CCc2nc3ccc(F)cn3c(=O)c2C1. The van der Waals surface area contributed by atoms with E-state index in [9.17, 15) is 14.0 Å². The lowest BCUT2D eigenvalue weighted by molar-refractivity contribution is -0.126. The molecule has 0 saturated carbocycles. The number of carbonyl (C=O) groups is 1. The molecule has 0 N–H and O–H groups in total. The third-order valence-electron chi connectivity index (χ3n) is 5.06. The Kier molecular flexibility index (Phi) is 4.04. The second-order valence-electron chi connectivity index (χ2n) is 6.87. The molecule has 1 amide bonds. The third kappa shape index (κ3) is 3.12. The van der Waals surface area contributed by atoms with E-state index in [1.165, 1.54) is 22.6 Å². The zero-order valence-corrected chi connectivity index (χ0v) is 15.3. The number of aromatic nitrogens is 2. The van der Waals surface area contributed by atoms with E-state index in [1.54, 1.807) is 23.1 Å². The van der Waals surface area contributed by atoms with Gasteiger partial charge in [0, 0.05) is 25.2 Å². The van der Waals surface area contributed by atoms with Crippen LogP contribution in [-0.4, -0.2) is 33.5 Å². The van der Waals surface area contributed by atoms with Crippen molar-refractivity contribution in [1.29, 1.82) is 0 Å². The molecule has 0 saturated heterocycles. The van der Waals surface area contributed by atoms with Gasteiger partial charge in [-0.25, -0.2) is 9.37 Å². The van der Waals surface area contributed by atoms with E-state index >= 15 is 0 Å². The summed E-state index contributed by atoms with van der Waals surface area (Å²) in [6, 6.07) is 8.17. The molecule has 2 aliphatic heterocycles. The molecule has 1 aromatic carbocycles. The molecule has 0 bridgehead atoms. The highest BCUT2D eigenvalue weighted by molar-refractivity contribution is 5.92. The molecule has 2 aromatic heterocycles. The number of pyridine rings is 1. The van der Waals surface area contributed by atoms with Crippen LogP contribution in [0.4, 0.5) is 4.39 Å². The molecule has 146 valence electrons. The molecular weight excluding hydrogens is 377 g/mol. The van der Waals surface area contributed by atoms with Gasteiger partial charge in [-0.15, -0.1) is 0 Å². The van der Waals surface area contributed by atoms with Gasteiger partial charge in [-0.3, -0.25) is 14.0 Å². The van der Waals surface area contributed by atoms with Crippen LogP contribution >= 0.6 is 0 Å². The van der Waals surface area contributed by atoms with Gasteiger partial charge in [-0.1, -0.05) is 6.07 Å². The number of carbonyl (C=O) groups excluding carboxylic acids is 1. The Balaban J connectivity index is 1.38. The molecule has 0 aliphatic carbocycles. The molecule has 0 spiro atoms. The Morgan fingerprint density at radius 3 is 2.93 bits per heavy atom. The standard InChI is InChI=1S/C21H16FN3O4/c22-14-3-5-19-23-16-7-8-24(11-15(16)21(27)25(19)10-14)20(26)6-2-13-1-4-17-18(9-13)29-12-28-17/h1-6,9-10H,7-8,11-12H2. The summed E-state index contributed by atoms with van der Waals surface area (Å²) < 4.78 is 25.3. The Bertz CT molecular complexity index is 1230. The van der Waals surface area contributed by atoms with Gasteiger partial charge in [0.05, 0.1) is 17.8 Å². The van der Waals surface area contributed by atoms with E-state index in [2.05, 4.69) is 4.98 Å². The summed E-state index contributed by atoms with van der Waals surface area (Å²) in [6.45, 7) is 0.794. The molecule has 7 nitrogen and oxygen atoms in total. The summed E-state index contributed by atoms with van der Waals surface area (Å²) in [5.41, 5.74) is 1.94. The molecule has 4 heterocycles. The largest absolute Gasteiger partial charge is 0.454 e. The fraction of sp³-hybridized carbons (Fsp3) is 0.190. The van der Waals surface area contributed by atoms with Crippen LogP contribution in [0, 0.1) is 5.82 Å². The van der Waals surface area contributed by atoms with Crippen molar-refractivity contribution in [2.24, 2.45) is 0 Å². The number of fused-ring (bicyclic) bond motifs is 3. The minimum Gasteiger partial charge on any atom is -0.454 e. The lowest BCUT2D eigenvalue weighted by atomic mass is 10.1. The number of benzene rings is 1. The Morgan fingerprint density at radius 1 is 1.17 bits per heavy atom. The molecule has 0 radical (unpaired) electrons. The maximum Gasteiger partial charge on any atom is 0.263 e. The number of rotatable bonds is 2. The van der Waals surface area contributed by atoms with Crippen molar-refractivity contribution in [3.8, 4) is 11.5 Å². The molecule has 0 unspecified atom stereocenters. The van der Waals surface area contributed by atoms with Gasteiger partial charge in [-0.05, 0) is 35.9 Å². The average Bonchev–Trinajstić information content (AvgIpc) is 3.20. The fourth-order valence-electron chi connectivity index (χ4n) is 3.55. The van der Waals surface area contributed by atoms with Gasteiger partial charge in [0.25, 0.3) is 5.56 Å². The summed E-state index contributed by atoms with van der Waals surface area (Å²) >= 11 is 0. The first kappa shape index (κ1) is 17.4. The maximum atomic E-state index is 13.5. The topological polar surface area (TPSA) is 73.1 Å². The molecule has 2 aliphatic rings. The van der Waals surface area contributed by atoms with E-state index in [0.29, 0.717) is 41.4 Å². The van der Waals surface area contributed by atoms with Crippen molar-refractivity contribution < 1.29 is 18.7 Å². The van der Waals surface area contributed by atoms with E-state index in [1.807, 2.05) is 6.07 Å². The highest BCUT2D eigenvalue weighted by Gasteiger charge is 2.24. The first-order chi connectivity index (χ1) is 14.1. The van der Waals surface area contributed by atoms with Crippen molar-refractivity contribution in [2.45, 2.75) is 13.0 Å². The van der Waals surface area contributed by atoms with Gasteiger partial charge in [-0.2, -0.15) is 0 Å². The lowest BCUT2D eigenvalue weighted by Gasteiger charge is -2.27.